The third kappa shape index (κ3) is 5.30. The topological polar surface area (TPSA) is 78.4 Å². The molecule has 110 valence electrons. The van der Waals surface area contributed by atoms with E-state index in [0.717, 1.165) is 4.47 Å². The fourth-order valence-electron chi connectivity index (χ4n) is 1.57. The summed E-state index contributed by atoms with van der Waals surface area (Å²) in [5.41, 5.74) is 0.481. The SMILES string of the molecule is CC(C)[C@@H](CO)NC(=O)CNC(=O)c1cccc(Br)c1. The molecule has 0 aliphatic carbocycles. The minimum Gasteiger partial charge on any atom is -0.394 e. The molecule has 0 bridgehead atoms. The molecule has 0 radical (unpaired) electrons. The first-order valence-corrected chi connectivity index (χ1v) is 7.17. The zero-order valence-electron chi connectivity index (χ0n) is 11.5. The minimum absolute atomic E-state index is 0.117. The number of rotatable bonds is 6. The van der Waals surface area contributed by atoms with E-state index in [1.807, 2.05) is 19.9 Å². The highest BCUT2D eigenvalue weighted by Crippen LogP contribution is 2.11. The Morgan fingerprint density at radius 2 is 2.05 bits per heavy atom. The van der Waals surface area contributed by atoms with Crippen LogP contribution < -0.4 is 10.6 Å². The van der Waals surface area contributed by atoms with Crippen LogP contribution in [0.15, 0.2) is 28.7 Å². The highest BCUT2D eigenvalue weighted by Gasteiger charge is 2.15. The van der Waals surface area contributed by atoms with Crippen LogP contribution in [-0.2, 0) is 4.79 Å². The van der Waals surface area contributed by atoms with Crippen LogP contribution in [0.25, 0.3) is 0 Å². The Labute approximate surface area is 126 Å². The van der Waals surface area contributed by atoms with Gasteiger partial charge in [0.05, 0.1) is 19.2 Å². The number of carbonyl (C=O) groups is 2. The smallest absolute Gasteiger partial charge is 0.251 e. The van der Waals surface area contributed by atoms with Gasteiger partial charge < -0.3 is 15.7 Å². The first kappa shape index (κ1) is 16.7. The Bertz CT molecular complexity index is 477. The highest BCUT2D eigenvalue weighted by atomic mass is 79.9. The van der Waals surface area contributed by atoms with E-state index >= 15 is 0 Å². The van der Waals surface area contributed by atoms with Gasteiger partial charge in [0.15, 0.2) is 0 Å². The number of aliphatic hydroxyl groups is 1. The lowest BCUT2D eigenvalue weighted by Crippen LogP contribution is -2.45. The fraction of sp³-hybridized carbons (Fsp3) is 0.429. The molecule has 0 aliphatic rings. The van der Waals surface area contributed by atoms with Gasteiger partial charge >= 0.3 is 0 Å². The van der Waals surface area contributed by atoms with E-state index in [1.165, 1.54) is 0 Å². The summed E-state index contributed by atoms with van der Waals surface area (Å²) in [6.07, 6.45) is 0. The molecular weight excluding hydrogens is 324 g/mol. The van der Waals surface area contributed by atoms with Crippen molar-refractivity contribution in [1.82, 2.24) is 10.6 Å². The number of nitrogens with one attached hydrogen (secondary N) is 2. The summed E-state index contributed by atoms with van der Waals surface area (Å²) in [4.78, 5) is 23.5. The van der Waals surface area contributed by atoms with Crippen molar-refractivity contribution in [3.05, 3.63) is 34.3 Å². The maximum atomic E-state index is 11.8. The van der Waals surface area contributed by atoms with Crippen LogP contribution in [-0.4, -0.2) is 36.1 Å². The van der Waals surface area contributed by atoms with Crippen LogP contribution in [0.2, 0.25) is 0 Å². The van der Waals surface area contributed by atoms with Crippen molar-refractivity contribution in [3.63, 3.8) is 0 Å². The molecule has 1 aromatic rings. The summed E-state index contributed by atoms with van der Waals surface area (Å²) < 4.78 is 0.801. The monoisotopic (exact) mass is 342 g/mol. The Morgan fingerprint density at radius 1 is 1.35 bits per heavy atom. The number of aliphatic hydroxyl groups excluding tert-OH is 1. The van der Waals surface area contributed by atoms with Crippen molar-refractivity contribution in [3.8, 4) is 0 Å². The van der Waals surface area contributed by atoms with E-state index in [-0.39, 0.29) is 36.9 Å². The first-order chi connectivity index (χ1) is 9.43. The average Bonchev–Trinajstić information content (AvgIpc) is 2.41. The maximum absolute atomic E-state index is 11.8. The molecule has 0 aromatic heterocycles. The summed E-state index contributed by atoms with van der Waals surface area (Å²) in [5, 5.41) is 14.3. The highest BCUT2D eigenvalue weighted by molar-refractivity contribution is 9.10. The molecule has 0 saturated heterocycles. The number of carbonyl (C=O) groups excluding carboxylic acids is 2. The molecule has 0 unspecified atom stereocenters. The van der Waals surface area contributed by atoms with Crippen LogP contribution >= 0.6 is 15.9 Å². The van der Waals surface area contributed by atoms with Gasteiger partial charge in [-0.25, -0.2) is 0 Å². The largest absolute Gasteiger partial charge is 0.394 e. The van der Waals surface area contributed by atoms with Crippen LogP contribution in [0.3, 0.4) is 0 Å². The molecule has 5 nitrogen and oxygen atoms in total. The lowest BCUT2D eigenvalue weighted by atomic mass is 10.1. The van der Waals surface area contributed by atoms with Crippen molar-refractivity contribution in [2.45, 2.75) is 19.9 Å². The van der Waals surface area contributed by atoms with Crippen molar-refractivity contribution in [1.29, 1.82) is 0 Å². The van der Waals surface area contributed by atoms with Gasteiger partial charge in [-0.3, -0.25) is 9.59 Å². The number of hydrogen-bond acceptors (Lipinski definition) is 3. The van der Waals surface area contributed by atoms with Gasteiger partial charge in [0.25, 0.3) is 5.91 Å². The summed E-state index contributed by atoms with van der Waals surface area (Å²) in [6.45, 7) is 3.57. The molecule has 0 heterocycles. The van der Waals surface area contributed by atoms with Crippen LogP contribution in [0, 0.1) is 5.92 Å². The molecule has 1 aromatic carbocycles. The van der Waals surface area contributed by atoms with Gasteiger partial charge in [-0.05, 0) is 24.1 Å². The summed E-state index contributed by atoms with van der Waals surface area (Å²) in [7, 11) is 0. The summed E-state index contributed by atoms with van der Waals surface area (Å²) >= 11 is 3.28. The zero-order chi connectivity index (χ0) is 15.1. The van der Waals surface area contributed by atoms with E-state index in [4.69, 9.17) is 5.11 Å². The quantitative estimate of drug-likeness (QED) is 0.729. The zero-order valence-corrected chi connectivity index (χ0v) is 13.1. The predicted octanol–water partition coefficient (Wildman–Crippen LogP) is 1.31. The average molecular weight is 343 g/mol. The van der Waals surface area contributed by atoms with Crippen LogP contribution in [0.1, 0.15) is 24.2 Å². The predicted molar refractivity (Wildman–Crippen MR) is 80.3 cm³/mol. The first-order valence-electron chi connectivity index (χ1n) is 6.38. The van der Waals surface area contributed by atoms with E-state index in [0.29, 0.717) is 5.56 Å². The lowest BCUT2D eigenvalue weighted by Gasteiger charge is -2.19. The third-order valence-corrected chi connectivity index (χ3v) is 3.34. The van der Waals surface area contributed by atoms with Crippen LogP contribution in [0.4, 0.5) is 0 Å². The molecule has 0 aliphatic heterocycles. The van der Waals surface area contributed by atoms with Gasteiger partial charge in [-0.15, -0.1) is 0 Å². The molecule has 3 N–H and O–H groups in total. The molecule has 2 amide bonds. The van der Waals surface area contributed by atoms with Crippen molar-refractivity contribution in [2.24, 2.45) is 5.92 Å². The Balaban J connectivity index is 2.47. The van der Waals surface area contributed by atoms with Gasteiger partial charge in [0.1, 0.15) is 0 Å². The molecule has 0 saturated carbocycles. The number of hydrogen-bond donors (Lipinski definition) is 3. The van der Waals surface area contributed by atoms with Gasteiger partial charge in [0, 0.05) is 10.0 Å². The Kier molecular flexibility index (Phi) is 6.67. The molecule has 0 fully saturated rings. The minimum atomic E-state index is -0.318. The molecule has 6 heteroatoms. The third-order valence-electron chi connectivity index (χ3n) is 2.84. The molecular formula is C14H19BrN2O3. The summed E-state index contributed by atoms with van der Waals surface area (Å²) in [5.74, 6) is -0.502. The summed E-state index contributed by atoms with van der Waals surface area (Å²) in [6, 6.07) is 6.61. The standard InChI is InChI=1S/C14H19BrN2O3/c1-9(2)12(8-18)17-13(19)7-16-14(20)10-4-3-5-11(15)6-10/h3-6,9,12,18H,7-8H2,1-2H3,(H,16,20)(H,17,19)/t12-/m1/s1. The van der Waals surface area contributed by atoms with Crippen molar-refractivity contribution >= 4 is 27.7 Å². The fourth-order valence-corrected chi connectivity index (χ4v) is 1.97. The molecule has 1 atom stereocenters. The Morgan fingerprint density at radius 3 is 2.60 bits per heavy atom. The van der Waals surface area contributed by atoms with E-state index in [2.05, 4.69) is 26.6 Å². The second kappa shape index (κ2) is 8.01. The molecule has 1 rings (SSSR count). The van der Waals surface area contributed by atoms with Gasteiger partial charge in [-0.1, -0.05) is 35.8 Å². The van der Waals surface area contributed by atoms with Crippen molar-refractivity contribution in [2.75, 3.05) is 13.2 Å². The lowest BCUT2D eigenvalue weighted by molar-refractivity contribution is -0.121. The van der Waals surface area contributed by atoms with Gasteiger partial charge in [0.2, 0.25) is 5.91 Å². The van der Waals surface area contributed by atoms with Gasteiger partial charge in [-0.2, -0.15) is 0 Å². The number of halogens is 1. The molecule has 20 heavy (non-hydrogen) atoms. The van der Waals surface area contributed by atoms with E-state index in [1.54, 1.807) is 18.2 Å². The number of amides is 2. The van der Waals surface area contributed by atoms with E-state index in [9.17, 15) is 9.59 Å². The van der Waals surface area contributed by atoms with Crippen molar-refractivity contribution < 1.29 is 14.7 Å². The molecule has 0 spiro atoms. The Hall–Kier alpha value is -1.40. The maximum Gasteiger partial charge on any atom is 0.251 e. The normalized spacial score (nSPS) is 12.1. The van der Waals surface area contributed by atoms with E-state index < -0.39 is 0 Å². The number of benzene rings is 1. The van der Waals surface area contributed by atoms with Crippen LogP contribution in [0.5, 0.6) is 0 Å². The second-order valence-electron chi connectivity index (χ2n) is 4.79. The second-order valence-corrected chi connectivity index (χ2v) is 5.71.